The molecule has 0 radical (unpaired) electrons. The second-order valence-electron chi connectivity index (χ2n) is 12.8. The first-order valence-electron chi connectivity index (χ1n) is 15.7. The van der Waals surface area contributed by atoms with Crippen molar-refractivity contribution < 1.29 is 27.9 Å². The summed E-state index contributed by atoms with van der Waals surface area (Å²) in [5, 5.41) is 24.9. The molecule has 15 heteroatoms. The van der Waals surface area contributed by atoms with Crippen molar-refractivity contribution in [2.75, 3.05) is 25.0 Å². The van der Waals surface area contributed by atoms with Crippen molar-refractivity contribution in [3.63, 3.8) is 0 Å². The number of nitriles is 1. The molecule has 2 saturated heterocycles. The fraction of sp³-hybridized carbons (Fsp3) is 0.382. The maximum absolute atomic E-state index is 14.0. The standard InChI is InChI=1S/C34H36Cl2N6O6S/c1-20-10-21(2)18-41(17-20)25-13-30(42(19-25)49(47,48)26-5-3-4-23(11-26)14-37)32(43)40-29(34(45)46)12-22-6-8-24(9-7-22)39-33(44)31-27(35)15-38-16-28(31)36/h3-9,11,15-16,20-21,25,29-30H,10,12-13,17-19H2,1-2H3,(H,39,44)(H,40,43)(H,45,46)/t20?,21?,25?,29-,30-/m0/s1. The number of hydrogen-bond donors (Lipinski definition) is 3. The smallest absolute Gasteiger partial charge is 0.326 e. The van der Waals surface area contributed by atoms with Crippen molar-refractivity contribution in [3.05, 3.63) is 87.7 Å². The Bertz CT molecular complexity index is 1860. The van der Waals surface area contributed by atoms with Crippen LogP contribution in [0, 0.1) is 23.2 Å². The summed E-state index contributed by atoms with van der Waals surface area (Å²) in [7, 11) is -4.23. The molecule has 0 saturated carbocycles. The highest BCUT2D eigenvalue weighted by Gasteiger charge is 2.47. The highest BCUT2D eigenvalue weighted by atomic mass is 35.5. The average molecular weight is 728 g/mol. The third-order valence-corrected chi connectivity index (χ3v) is 11.3. The average Bonchev–Trinajstić information content (AvgIpc) is 3.52. The maximum atomic E-state index is 14.0. The number of hydrogen-bond acceptors (Lipinski definition) is 8. The van der Waals surface area contributed by atoms with Gasteiger partial charge in [-0.3, -0.25) is 19.5 Å². The van der Waals surface area contributed by atoms with Crippen molar-refractivity contribution >= 4 is 56.7 Å². The predicted octanol–water partition coefficient (Wildman–Crippen LogP) is 4.43. The maximum Gasteiger partial charge on any atom is 0.326 e. The molecule has 0 aliphatic carbocycles. The van der Waals surface area contributed by atoms with Crippen LogP contribution in [0.2, 0.25) is 10.0 Å². The van der Waals surface area contributed by atoms with E-state index in [-0.39, 0.29) is 51.5 Å². The van der Waals surface area contributed by atoms with Gasteiger partial charge in [-0.1, -0.05) is 55.2 Å². The summed E-state index contributed by atoms with van der Waals surface area (Å²) in [6.07, 6.45) is 3.73. The summed E-state index contributed by atoms with van der Waals surface area (Å²) in [6.45, 7) is 5.87. The van der Waals surface area contributed by atoms with Gasteiger partial charge in [0.1, 0.15) is 12.1 Å². The molecule has 2 fully saturated rings. The fourth-order valence-electron chi connectivity index (χ4n) is 6.67. The molecule has 5 atom stereocenters. The molecule has 3 heterocycles. The summed E-state index contributed by atoms with van der Waals surface area (Å²) >= 11 is 12.2. The van der Waals surface area contributed by atoms with Gasteiger partial charge in [-0.25, -0.2) is 13.2 Å². The Hall–Kier alpha value is -4.06. The van der Waals surface area contributed by atoms with Crippen molar-refractivity contribution in [2.24, 2.45) is 11.8 Å². The number of likely N-dealkylation sites (tertiary alicyclic amines) is 1. The number of carboxylic acids is 1. The number of nitrogens with one attached hydrogen (secondary N) is 2. The van der Waals surface area contributed by atoms with E-state index < -0.39 is 39.9 Å². The first kappa shape index (κ1) is 36.2. The number of benzene rings is 2. The molecule has 0 bridgehead atoms. The molecule has 3 unspecified atom stereocenters. The molecular formula is C34H36Cl2N6O6S. The Labute approximate surface area is 295 Å². The summed E-state index contributed by atoms with van der Waals surface area (Å²) in [4.78, 5) is 44.9. The SMILES string of the molecule is CC1CC(C)CN(C2C[C@@H](C(=O)N[C@@H](Cc3ccc(NC(=O)c4c(Cl)cncc4Cl)cc3)C(=O)O)N(S(=O)(=O)c3cccc(C#N)c3)C2)C1. The topological polar surface area (TPSA) is 173 Å². The highest BCUT2D eigenvalue weighted by molar-refractivity contribution is 7.89. The number of halogens is 2. The molecular weight excluding hydrogens is 691 g/mol. The van der Waals surface area contributed by atoms with Crippen molar-refractivity contribution in [2.45, 2.75) is 56.1 Å². The van der Waals surface area contributed by atoms with E-state index in [0.29, 0.717) is 23.1 Å². The minimum absolute atomic E-state index is 0.0531. The first-order chi connectivity index (χ1) is 23.3. The highest BCUT2D eigenvalue weighted by Crippen LogP contribution is 2.33. The summed E-state index contributed by atoms with van der Waals surface area (Å²) < 4.78 is 29.1. The number of carboxylic acid groups (broad SMARTS) is 1. The zero-order chi connectivity index (χ0) is 35.5. The lowest BCUT2D eigenvalue weighted by Crippen LogP contribution is -2.51. The Morgan fingerprint density at radius 2 is 1.67 bits per heavy atom. The fourth-order valence-corrected chi connectivity index (χ4v) is 8.89. The minimum atomic E-state index is -4.23. The van der Waals surface area contributed by atoms with Crippen molar-refractivity contribution in [1.29, 1.82) is 5.26 Å². The van der Waals surface area contributed by atoms with Crippen LogP contribution >= 0.6 is 23.2 Å². The Morgan fingerprint density at radius 3 is 2.29 bits per heavy atom. The van der Waals surface area contributed by atoms with Crippen LogP contribution in [0.5, 0.6) is 0 Å². The summed E-state index contributed by atoms with van der Waals surface area (Å²) in [5.74, 6) is -1.77. The van der Waals surface area contributed by atoms with Gasteiger partial charge in [-0.2, -0.15) is 9.57 Å². The number of carbonyl (C=O) groups is 3. The minimum Gasteiger partial charge on any atom is -0.480 e. The van der Waals surface area contributed by atoms with Crippen LogP contribution in [0.3, 0.4) is 0 Å². The van der Waals surface area contributed by atoms with Gasteiger partial charge in [0.25, 0.3) is 5.91 Å². The molecule has 2 amide bonds. The van der Waals surface area contributed by atoms with Gasteiger partial charge >= 0.3 is 5.97 Å². The molecule has 1 aromatic heterocycles. The van der Waals surface area contributed by atoms with E-state index in [0.717, 1.165) is 23.8 Å². The third-order valence-electron chi connectivity index (χ3n) is 8.87. The van der Waals surface area contributed by atoms with Gasteiger partial charge in [-0.05, 0) is 60.6 Å². The zero-order valence-corrected chi connectivity index (χ0v) is 29.2. The van der Waals surface area contributed by atoms with Crippen LogP contribution in [0.4, 0.5) is 5.69 Å². The quantitative estimate of drug-likeness (QED) is 0.273. The molecule has 2 aliphatic rings. The molecule has 3 aromatic rings. The van der Waals surface area contributed by atoms with Gasteiger partial charge < -0.3 is 15.7 Å². The molecule has 2 aliphatic heterocycles. The van der Waals surface area contributed by atoms with Gasteiger partial charge in [-0.15, -0.1) is 0 Å². The van der Waals surface area contributed by atoms with Gasteiger partial charge in [0.2, 0.25) is 15.9 Å². The number of aromatic nitrogens is 1. The third kappa shape index (κ3) is 8.40. The number of pyridine rings is 1. The van der Waals surface area contributed by atoms with E-state index in [1.54, 1.807) is 24.3 Å². The number of aliphatic carboxylic acids is 1. The second-order valence-corrected chi connectivity index (χ2v) is 15.5. The lowest BCUT2D eigenvalue weighted by atomic mass is 9.90. The van der Waals surface area contributed by atoms with Crippen molar-refractivity contribution in [3.8, 4) is 6.07 Å². The lowest BCUT2D eigenvalue weighted by molar-refractivity contribution is -0.142. The largest absolute Gasteiger partial charge is 0.480 e. The molecule has 12 nitrogen and oxygen atoms in total. The second kappa shape index (κ2) is 15.2. The molecule has 258 valence electrons. The van der Waals surface area contributed by atoms with Crippen LogP contribution in [0.1, 0.15) is 48.2 Å². The van der Waals surface area contributed by atoms with Gasteiger partial charge in [0, 0.05) is 50.2 Å². The monoisotopic (exact) mass is 726 g/mol. The summed E-state index contributed by atoms with van der Waals surface area (Å²) in [5.41, 5.74) is 1.17. The molecule has 3 N–H and O–H groups in total. The molecule has 49 heavy (non-hydrogen) atoms. The molecule has 5 rings (SSSR count). The van der Waals surface area contributed by atoms with E-state index in [9.17, 15) is 33.2 Å². The van der Waals surface area contributed by atoms with E-state index in [2.05, 4.69) is 34.4 Å². The normalized spacial score (nSPS) is 22.2. The van der Waals surface area contributed by atoms with Crippen LogP contribution in [0.15, 0.2) is 65.8 Å². The number of amides is 2. The number of carbonyl (C=O) groups excluding carboxylic acids is 2. The van der Waals surface area contributed by atoms with E-state index in [4.69, 9.17) is 23.2 Å². The number of piperidine rings is 1. The number of anilines is 1. The molecule has 0 spiro atoms. The van der Waals surface area contributed by atoms with Crippen LogP contribution < -0.4 is 10.6 Å². The number of rotatable bonds is 10. The molecule has 2 aromatic carbocycles. The van der Waals surface area contributed by atoms with Gasteiger partial charge in [0.15, 0.2) is 0 Å². The number of nitrogens with zero attached hydrogens (tertiary/aromatic N) is 4. The Morgan fingerprint density at radius 1 is 1.02 bits per heavy atom. The van der Waals surface area contributed by atoms with E-state index in [1.807, 2.05) is 6.07 Å². The number of sulfonamides is 1. The Balaban J connectivity index is 1.33. The summed E-state index contributed by atoms with van der Waals surface area (Å²) in [6, 6.07) is 11.1. The van der Waals surface area contributed by atoms with Crippen LogP contribution in [0.25, 0.3) is 0 Å². The zero-order valence-electron chi connectivity index (χ0n) is 26.8. The Kier molecular flexibility index (Phi) is 11.3. The predicted molar refractivity (Wildman–Crippen MR) is 184 cm³/mol. The van der Waals surface area contributed by atoms with E-state index >= 15 is 0 Å². The van der Waals surface area contributed by atoms with Crippen molar-refractivity contribution in [1.82, 2.24) is 19.5 Å². The first-order valence-corrected chi connectivity index (χ1v) is 17.9. The van der Waals surface area contributed by atoms with Crippen LogP contribution in [-0.4, -0.2) is 83.3 Å². The van der Waals surface area contributed by atoms with E-state index in [1.165, 1.54) is 36.7 Å². The van der Waals surface area contributed by atoms with Crippen LogP contribution in [-0.2, 0) is 26.0 Å². The lowest BCUT2D eigenvalue weighted by Gasteiger charge is -2.38. The van der Waals surface area contributed by atoms with Gasteiger partial charge in [0.05, 0.1) is 32.1 Å².